The van der Waals surface area contributed by atoms with Crippen molar-refractivity contribution in [3.8, 4) is 20.9 Å². The molecule has 0 aliphatic carbocycles. The van der Waals surface area contributed by atoms with Gasteiger partial charge < -0.3 is 20.5 Å². The van der Waals surface area contributed by atoms with Crippen molar-refractivity contribution < 1.29 is 37.1 Å². The summed E-state index contributed by atoms with van der Waals surface area (Å²) in [5.41, 5.74) is 7.18. The molecule has 6 aromatic rings. The molecule has 0 bridgehead atoms. The Hall–Kier alpha value is -5.96. The van der Waals surface area contributed by atoms with E-state index in [0.29, 0.717) is 49.1 Å². The molecule has 0 saturated carbocycles. The molecule has 0 atom stereocenters. The highest BCUT2D eigenvalue weighted by Gasteiger charge is 2.23. The number of hydrogen-bond donors (Lipinski definition) is 4. The zero-order chi connectivity index (χ0) is 45.5. The molecule has 0 radical (unpaired) electrons. The second kappa shape index (κ2) is 17.1. The Morgan fingerprint density at radius 3 is 1.74 bits per heavy atom. The van der Waals surface area contributed by atoms with Crippen LogP contribution in [0, 0.1) is 0 Å². The number of rotatable bonds is 8. The lowest BCUT2D eigenvalue weighted by molar-refractivity contribution is 0.0624. The van der Waals surface area contributed by atoms with Crippen LogP contribution in [-0.4, -0.2) is 78.6 Å². The minimum atomic E-state index is -2.80. The average Bonchev–Trinajstić information content (AvgIpc) is 3.72. The molecule has 0 spiro atoms. The van der Waals surface area contributed by atoms with Crippen LogP contribution in [0.3, 0.4) is 0 Å². The Kier molecular flexibility index (Phi) is 12.5. The number of pyridine rings is 2. The van der Waals surface area contributed by atoms with E-state index in [2.05, 4.69) is 34.6 Å². The van der Waals surface area contributed by atoms with E-state index in [1.54, 1.807) is 77.9 Å². The number of thiophene rings is 2. The number of nitrogens with one attached hydrogen (secondary N) is 3. The molecule has 4 amide bonds. The summed E-state index contributed by atoms with van der Waals surface area (Å²) in [7, 11) is -5.52. The second-order valence-electron chi connectivity index (χ2n) is 16.7. The van der Waals surface area contributed by atoms with Crippen molar-refractivity contribution in [3.05, 3.63) is 78.1 Å². The van der Waals surface area contributed by atoms with Gasteiger partial charge in [0.2, 0.25) is 0 Å². The standard InChI is InChI=1S/C42H46N8O8S4/c1-41(2,3)57-39(53)46-26-11-12-31-22(13-26)17-34(59-31)28-15-25(38(52)50-62(9,10)56)21-45-36(28)47-30-19-32-23(16-29(30)48-40(54)58-42(4,5)6)18-33(60-32)27-14-24(20-44-35(27)43)37(51)49-61(7,8)55/h11-21H,1-10H3,(H2,43,44)(H,45,47)(H,46,53)(H,48,54). The van der Waals surface area contributed by atoms with Gasteiger partial charge in [0, 0.05) is 92.8 Å². The van der Waals surface area contributed by atoms with E-state index < -0.39 is 54.7 Å². The van der Waals surface area contributed by atoms with Gasteiger partial charge >= 0.3 is 12.2 Å². The monoisotopic (exact) mass is 918 g/mol. The van der Waals surface area contributed by atoms with E-state index in [9.17, 15) is 27.6 Å². The fourth-order valence-electron chi connectivity index (χ4n) is 5.81. The maximum Gasteiger partial charge on any atom is 0.412 e. The summed E-state index contributed by atoms with van der Waals surface area (Å²) in [6.45, 7) is 10.5. The predicted octanol–water partition coefficient (Wildman–Crippen LogP) is 10.00. The van der Waals surface area contributed by atoms with Crippen molar-refractivity contribution >= 4 is 115 Å². The van der Waals surface area contributed by atoms with E-state index in [-0.39, 0.29) is 16.9 Å². The number of ether oxygens (including phenoxy) is 2. The summed E-state index contributed by atoms with van der Waals surface area (Å²) in [6, 6.07) is 15.8. The number of anilines is 5. The van der Waals surface area contributed by atoms with Gasteiger partial charge in [0.05, 0.1) is 22.5 Å². The van der Waals surface area contributed by atoms with Crippen molar-refractivity contribution in [3.63, 3.8) is 0 Å². The van der Waals surface area contributed by atoms with E-state index in [1.807, 2.05) is 18.2 Å². The lowest BCUT2D eigenvalue weighted by atomic mass is 10.1. The molecule has 0 saturated heterocycles. The molecule has 4 heterocycles. The molecule has 0 aliphatic heterocycles. The number of aromatic nitrogens is 2. The highest BCUT2D eigenvalue weighted by Crippen LogP contribution is 2.43. The number of carbonyl (C=O) groups is 4. The Bertz CT molecular complexity index is 3060. The lowest BCUT2D eigenvalue weighted by Gasteiger charge is -2.21. The quantitative estimate of drug-likeness (QED) is 0.112. The minimum Gasteiger partial charge on any atom is -0.444 e. The maximum atomic E-state index is 13.3. The third-order valence-electron chi connectivity index (χ3n) is 8.14. The van der Waals surface area contributed by atoms with Gasteiger partial charge in [-0.3, -0.25) is 20.2 Å². The van der Waals surface area contributed by atoms with Crippen LogP contribution in [0.25, 0.3) is 41.1 Å². The van der Waals surface area contributed by atoms with Gasteiger partial charge in [-0.25, -0.2) is 28.0 Å². The number of amides is 4. The van der Waals surface area contributed by atoms with Gasteiger partial charge in [-0.1, -0.05) is 0 Å². The predicted molar refractivity (Wildman–Crippen MR) is 251 cm³/mol. The number of hydrogen-bond acceptors (Lipinski definition) is 14. The molecule has 16 nitrogen and oxygen atoms in total. The number of nitrogens with two attached hydrogens (primary N) is 1. The summed E-state index contributed by atoms with van der Waals surface area (Å²) in [6.07, 6.45) is 6.74. The topological polar surface area (TPSA) is 233 Å². The third kappa shape index (κ3) is 11.9. The summed E-state index contributed by atoms with van der Waals surface area (Å²) in [5, 5.41) is 10.4. The number of nitrogen functional groups attached to an aromatic ring is 1. The highest BCUT2D eigenvalue weighted by atomic mass is 32.2. The van der Waals surface area contributed by atoms with Crippen LogP contribution < -0.4 is 21.7 Å². The summed E-state index contributed by atoms with van der Waals surface area (Å²) in [4.78, 5) is 62.1. The number of nitrogens with zero attached hydrogens (tertiary/aromatic N) is 4. The van der Waals surface area contributed by atoms with Crippen LogP contribution in [0.15, 0.2) is 75.7 Å². The van der Waals surface area contributed by atoms with Gasteiger partial charge in [-0.2, -0.15) is 8.73 Å². The molecule has 5 N–H and O–H groups in total. The molecule has 4 aromatic heterocycles. The Labute approximate surface area is 367 Å². The van der Waals surface area contributed by atoms with Crippen LogP contribution >= 0.6 is 22.7 Å². The van der Waals surface area contributed by atoms with Gasteiger partial charge in [0.1, 0.15) is 22.8 Å². The van der Waals surface area contributed by atoms with Crippen molar-refractivity contribution in [1.82, 2.24) is 9.97 Å². The van der Waals surface area contributed by atoms with E-state index >= 15 is 0 Å². The summed E-state index contributed by atoms with van der Waals surface area (Å²) in [5.74, 6) is -0.953. The van der Waals surface area contributed by atoms with Crippen molar-refractivity contribution in [2.24, 2.45) is 8.73 Å². The minimum absolute atomic E-state index is 0.0945. The summed E-state index contributed by atoms with van der Waals surface area (Å²) >= 11 is 2.74. The largest absolute Gasteiger partial charge is 0.444 e. The smallest absolute Gasteiger partial charge is 0.412 e. The fourth-order valence-corrected chi connectivity index (χ4v) is 8.98. The molecule has 0 aliphatic rings. The first-order valence-corrected chi connectivity index (χ1v) is 25.1. The molecule has 20 heteroatoms. The molecule has 62 heavy (non-hydrogen) atoms. The Balaban J connectivity index is 1.47. The molecule has 6 rings (SSSR count). The van der Waals surface area contributed by atoms with Crippen molar-refractivity contribution in [2.45, 2.75) is 52.7 Å². The van der Waals surface area contributed by atoms with Crippen molar-refractivity contribution in [1.29, 1.82) is 0 Å². The number of carbonyl (C=O) groups excluding carboxylic acids is 4. The van der Waals surface area contributed by atoms with Crippen LogP contribution in [0.1, 0.15) is 62.3 Å². The van der Waals surface area contributed by atoms with Crippen molar-refractivity contribution in [2.75, 3.05) is 46.7 Å². The fraction of sp³-hybridized carbons (Fsp3) is 0.286. The summed E-state index contributed by atoms with van der Waals surface area (Å²) < 4.78 is 45.1. The highest BCUT2D eigenvalue weighted by molar-refractivity contribution is 7.92. The molecule has 0 fully saturated rings. The zero-order valence-corrected chi connectivity index (χ0v) is 38.9. The van der Waals surface area contributed by atoms with Gasteiger partial charge in [-0.05, 0) is 107 Å². The molecule has 326 valence electrons. The lowest BCUT2D eigenvalue weighted by Crippen LogP contribution is -2.27. The zero-order valence-electron chi connectivity index (χ0n) is 35.6. The van der Waals surface area contributed by atoms with Crippen LogP contribution in [0.4, 0.5) is 38.3 Å². The first kappa shape index (κ1) is 45.6. The Morgan fingerprint density at radius 1 is 0.645 bits per heavy atom. The Morgan fingerprint density at radius 2 is 1.16 bits per heavy atom. The van der Waals surface area contributed by atoms with E-state index in [0.717, 1.165) is 14.8 Å². The molecular formula is C42H46N8O8S4. The second-order valence-corrected chi connectivity index (χ2v) is 24.0. The maximum absolute atomic E-state index is 13.3. The molecule has 2 aromatic carbocycles. The molecular weight excluding hydrogens is 873 g/mol. The number of benzene rings is 2. The van der Waals surface area contributed by atoms with Gasteiger partial charge in [0.15, 0.2) is 0 Å². The van der Waals surface area contributed by atoms with Crippen LogP contribution in [-0.2, 0) is 28.9 Å². The van der Waals surface area contributed by atoms with Gasteiger partial charge in [-0.15, -0.1) is 22.7 Å². The molecule has 0 unspecified atom stereocenters. The normalized spacial score (nSPS) is 12.2. The van der Waals surface area contributed by atoms with Gasteiger partial charge in [0.25, 0.3) is 11.8 Å². The first-order chi connectivity index (χ1) is 28.7. The SMILES string of the molecule is CC(C)(C)OC(=O)Nc1ccc2sc(-c3cc(C(=O)N=S(C)(C)=O)cnc3Nc3cc4sc(-c5cc(C(=O)N=S(C)(C)=O)cnc5N)cc4cc3NC(=O)OC(C)(C)C)cc2c1. The first-order valence-electron chi connectivity index (χ1n) is 18.8. The van der Waals surface area contributed by atoms with E-state index in [1.165, 1.54) is 60.1 Å². The average molecular weight is 919 g/mol. The van der Waals surface area contributed by atoms with Crippen LogP contribution in [0.2, 0.25) is 0 Å². The number of fused-ring (bicyclic) bond motifs is 2. The van der Waals surface area contributed by atoms with Crippen LogP contribution in [0.5, 0.6) is 0 Å². The van der Waals surface area contributed by atoms with E-state index in [4.69, 9.17) is 15.2 Å². The third-order valence-corrected chi connectivity index (χ3v) is 11.6.